The minimum Gasteiger partial charge on any atom is -0.351 e. The molecule has 0 bridgehead atoms. The number of aromatic nitrogens is 1. The van der Waals surface area contributed by atoms with Crippen LogP contribution in [-0.4, -0.2) is 29.7 Å². The van der Waals surface area contributed by atoms with Crippen LogP contribution in [0.15, 0.2) is 77.4 Å². The van der Waals surface area contributed by atoms with E-state index in [1.54, 1.807) is 0 Å². The molecule has 3 aromatic rings. The number of fused-ring (bicyclic) bond motifs is 1. The van der Waals surface area contributed by atoms with Crippen molar-refractivity contribution in [3.05, 3.63) is 78.0 Å². The average Bonchev–Trinajstić information content (AvgIpc) is 3.17. The van der Waals surface area contributed by atoms with E-state index < -0.39 is 0 Å². The fraction of sp³-hybridized carbons (Fsp3) is 0.208. The Kier molecular flexibility index (Phi) is 5.29. The number of hydrogen-bond acceptors (Lipinski definition) is 3. The van der Waals surface area contributed by atoms with E-state index in [-0.39, 0.29) is 5.91 Å². The number of aliphatic imine (C=N–C) groups is 1. The molecule has 0 aliphatic carbocycles. The van der Waals surface area contributed by atoms with E-state index in [4.69, 9.17) is 0 Å². The van der Waals surface area contributed by atoms with Crippen LogP contribution >= 0.6 is 0 Å². The van der Waals surface area contributed by atoms with Crippen LogP contribution in [-0.2, 0) is 11.2 Å². The number of carbonyl (C=O) groups is 1. The van der Waals surface area contributed by atoms with E-state index >= 15 is 0 Å². The molecule has 1 aliphatic rings. The third-order valence-corrected chi connectivity index (χ3v) is 4.93. The smallest absolute Gasteiger partial charge is 0.269 e. The van der Waals surface area contributed by atoms with Crippen LogP contribution < -0.4 is 5.32 Å². The van der Waals surface area contributed by atoms with E-state index in [0.29, 0.717) is 18.8 Å². The lowest BCUT2D eigenvalue weighted by Gasteiger charge is -2.07. The number of hydrogen-bond donors (Lipinski definition) is 1. The molecule has 0 atom stereocenters. The lowest BCUT2D eigenvalue weighted by atomic mass is 10.0. The fourth-order valence-corrected chi connectivity index (χ4v) is 3.38. The van der Waals surface area contributed by atoms with Gasteiger partial charge in [-0.3, -0.25) is 14.8 Å². The molecule has 0 unspecified atom stereocenters. The number of nitrogens with one attached hydrogen (secondary N) is 1. The summed E-state index contributed by atoms with van der Waals surface area (Å²) < 4.78 is 0. The van der Waals surface area contributed by atoms with Gasteiger partial charge in [0.2, 0.25) is 0 Å². The highest BCUT2D eigenvalue weighted by molar-refractivity contribution is 6.44. The molecule has 4 heteroatoms. The summed E-state index contributed by atoms with van der Waals surface area (Å²) in [6.07, 6.45) is 5.52. The number of amides is 1. The van der Waals surface area contributed by atoms with E-state index in [9.17, 15) is 4.79 Å². The van der Waals surface area contributed by atoms with Crippen molar-refractivity contribution in [1.82, 2.24) is 10.3 Å². The first-order valence-corrected chi connectivity index (χ1v) is 9.63. The van der Waals surface area contributed by atoms with Gasteiger partial charge in [0.05, 0.1) is 12.1 Å². The maximum atomic E-state index is 12.0. The Labute approximate surface area is 165 Å². The standard InChI is InChI=1S/C24H23N3O/c1-17-14-23(27-16-17)24(28)26-13-2-4-18-6-8-19(9-7-18)20-10-11-22-21(15-20)5-3-12-25-22/h3,5-12,14-15H,2,4,13,16H2,1H3,(H,26,28). The zero-order chi connectivity index (χ0) is 19.3. The molecule has 2 aromatic carbocycles. The van der Waals surface area contributed by atoms with Gasteiger partial charge in [-0.15, -0.1) is 0 Å². The Balaban J connectivity index is 1.31. The second-order valence-electron chi connectivity index (χ2n) is 7.16. The van der Waals surface area contributed by atoms with Gasteiger partial charge in [0.15, 0.2) is 0 Å². The first-order chi connectivity index (χ1) is 13.7. The highest BCUT2D eigenvalue weighted by Gasteiger charge is 2.12. The summed E-state index contributed by atoms with van der Waals surface area (Å²) in [4.78, 5) is 20.6. The largest absolute Gasteiger partial charge is 0.351 e. The van der Waals surface area contributed by atoms with Crippen LogP contribution in [0.25, 0.3) is 22.0 Å². The lowest BCUT2D eigenvalue weighted by molar-refractivity contribution is -0.114. The molecule has 28 heavy (non-hydrogen) atoms. The fourth-order valence-electron chi connectivity index (χ4n) is 3.38. The monoisotopic (exact) mass is 369 g/mol. The number of rotatable bonds is 6. The van der Waals surface area contributed by atoms with Gasteiger partial charge in [0, 0.05) is 18.1 Å². The van der Waals surface area contributed by atoms with Crippen LogP contribution in [0, 0.1) is 0 Å². The van der Waals surface area contributed by atoms with Crippen molar-refractivity contribution in [2.45, 2.75) is 19.8 Å². The highest BCUT2D eigenvalue weighted by Crippen LogP contribution is 2.24. The van der Waals surface area contributed by atoms with Gasteiger partial charge in [-0.1, -0.05) is 36.4 Å². The van der Waals surface area contributed by atoms with Gasteiger partial charge in [-0.05, 0) is 66.3 Å². The molecule has 1 N–H and O–H groups in total. The number of nitrogens with zero attached hydrogens (tertiary/aromatic N) is 2. The van der Waals surface area contributed by atoms with E-state index in [0.717, 1.165) is 29.3 Å². The van der Waals surface area contributed by atoms with Crippen LogP contribution in [0.4, 0.5) is 0 Å². The predicted molar refractivity (Wildman–Crippen MR) is 115 cm³/mol. The van der Waals surface area contributed by atoms with Crippen molar-refractivity contribution in [1.29, 1.82) is 0 Å². The number of carbonyl (C=O) groups excluding carboxylic acids is 1. The summed E-state index contributed by atoms with van der Waals surface area (Å²) in [6.45, 7) is 3.29. The maximum absolute atomic E-state index is 12.0. The first-order valence-electron chi connectivity index (χ1n) is 9.63. The average molecular weight is 369 g/mol. The second kappa shape index (κ2) is 8.17. The summed E-state index contributed by atoms with van der Waals surface area (Å²) in [5, 5.41) is 4.10. The summed E-state index contributed by atoms with van der Waals surface area (Å²) >= 11 is 0. The van der Waals surface area contributed by atoms with Crippen LogP contribution in [0.1, 0.15) is 18.9 Å². The van der Waals surface area contributed by atoms with Gasteiger partial charge in [-0.25, -0.2) is 0 Å². The Morgan fingerprint density at radius 1 is 1.07 bits per heavy atom. The Morgan fingerprint density at radius 3 is 2.68 bits per heavy atom. The zero-order valence-corrected chi connectivity index (χ0v) is 16.0. The lowest BCUT2D eigenvalue weighted by Crippen LogP contribution is -2.30. The molecule has 2 heterocycles. The van der Waals surface area contributed by atoms with Crippen molar-refractivity contribution >= 4 is 22.5 Å². The molecule has 0 saturated heterocycles. The molecule has 140 valence electrons. The number of benzene rings is 2. The Hall–Kier alpha value is -3.27. The number of aryl methyl sites for hydroxylation is 1. The molecule has 1 aliphatic heterocycles. The molecule has 0 spiro atoms. The summed E-state index contributed by atoms with van der Waals surface area (Å²) in [6, 6.07) is 19.0. The SMILES string of the molecule is CC1=CC(C(=O)NCCCc2ccc(-c3ccc4ncccc4c3)cc2)=NC1. The first kappa shape index (κ1) is 18.1. The summed E-state index contributed by atoms with van der Waals surface area (Å²) in [7, 11) is 0. The zero-order valence-electron chi connectivity index (χ0n) is 16.0. The maximum Gasteiger partial charge on any atom is 0.269 e. The molecule has 0 radical (unpaired) electrons. The normalized spacial score (nSPS) is 13.3. The van der Waals surface area contributed by atoms with Crippen molar-refractivity contribution < 1.29 is 4.79 Å². The molecule has 0 saturated carbocycles. The van der Waals surface area contributed by atoms with Gasteiger partial charge in [-0.2, -0.15) is 0 Å². The molecule has 4 nitrogen and oxygen atoms in total. The van der Waals surface area contributed by atoms with Crippen LogP contribution in [0.2, 0.25) is 0 Å². The summed E-state index contributed by atoms with van der Waals surface area (Å²) in [5.74, 6) is -0.0713. The summed E-state index contributed by atoms with van der Waals surface area (Å²) in [5.41, 5.74) is 6.36. The molecular weight excluding hydrogens is 346 g/mol. The number of pyridine rings is 1. The molecule has 4 rings (SSSR count). The topological polar surface area (TPSA) is 54.4 Å². The third-order valence-electron chi connectivity index (χ3n) is 4.93. The van der Waals surface area contributed by atoms with E-state index in [2.05, 4.69) is 63.8 Å². The van der Waals surface area contributed by atoms with E-state index in [1.165, 1.54) is 16.7 Å². The van der Waals surface area contributed by atoms with Crippen molar-refractivity contribution in [3.63, 3.8) is 0 Å². The highest BCUT2D eigenvalue weighted by atomic mass is 16.1. The Bertz CT molecular complexity index is 1060. The van der Waals surface area contributed by atoms with Crippen molar-refractivity contribution in [3.8, 4) is 11.1 Å². The van der Waals surface area contributed by atoms with Gasteiger partial charge in [0.25, 0.3) is 5.91 Å². The predicted octanol–water partition coefficient (Wildman–Crippen LogP) is 4.35. The second-order valence-corrected chi connectivity index (χ2v) is 7.16. The Morgan fingerprint density at radius 2 is 1.89 bits per heavy atom. The quantitative estimate of drug-likeness (QED) is 0.657. The molecule has 0 fully saturated rings. The molecule has 1 aromatic heterocycles. The molecular formula is C24H23N3O. The van der Waals surface area contributed by atoms with Gasteiger partial charge in [0.1, 0.15) is 5.71 Å². The van der Waals surface area contributed by atoms with Crippen LogP contribution in [0.5, 0.6) is 0 Å². The van der Waals surface area contributed by atoms with Gasteiger partial charge < -0.3 is 5.32 Å². The van der Waals surface area contributed by atoms with Crippen LogP contribution in [0.3, 0.4) is 0 Å². The molecule has 1 amide bonds. The van der Waals surface area contributed by atoms with E-state index in [1.807, 2.05) is 25.3 Å². The van der Waals surface area contributed by atoms with Crippen molar-refractivity contribution in [2.75, 3.05) is 13.1 Å². The van der Waals surface area contributed by atoms with Gasteiger partial charge >= 0.3 is 0 Å². The minimum atomic E-state index is -0.0713. The van der Waals surface area contributed by atoms with Crippen molar-refractivity contribution in [2.24, 2.45) is 4.99 Å². The third kappa shape index (κ3) is 4.17. The minimum absolute atomic E-state index is 0.0713.